The predicted octanol–water partition coefficient (Wildman–Crippen LogP) is 2.38. The van der Waals surface area contributed by atoms with Gasteiger partial charge in [0.25, 0.3) is 0 Å². The molecule has 4 N–H and O–H groups in total. The van der Waals surface area contributed by atoms with Gasteiger partial charge in [-0.2, -0.15) is 0 Å². The van der Waals surface area contributed by atoms with Crippen molar-refractivity contribution in [2.24, 2.45) is 17.1 Å². The molecule has 1 aliphatic heterocycles. The molecule has 0 radical (unpaired) electrons. The Kier molecular flexibility index (Phi) is 2.74. The van der Waals surface area contributed by atoms with Crippen molar-refractivity contribution < 1.29 is 5.11 Å². The molecular weight excluding hydrogens is 224 g/mol. The van der Waals surface area contributed by atoms with E-state index < -0.39 is 0 Å². The Morgan fingerprint density at radius 2 is 2.39 bits per heavy atom. The summed E-state index contributed by atoms with van der Waals surface area (Å²) in [5.74, 6) is 0.952. The minimum Gasteiger partial charge on any atom is -0.508 e. The van der Waals surface area contributed by atoms with E-state index in [1.165, 1.54) is 19.3 Å². The summed E-state index contributed by atoms with van der Waals surface area (Å²) in [6, 6.07) is 0.642. The Balaban J connectivity index is 2.00. The van der Waals surface area contributed by atoms with Crippen LogP contribution in [0.2, 0.25) is 0 Å². The molecule has 0 aromatic rings. The molecule has 2 aliphatic carbocycles. The standard InChI is InChI=1S/C15H22N2O/c1-10(16)8-11-4-2-6-14-15(11)7-3-5-13(18)12(15)9-17-14/h3,5,7,9-11,14,17-18H,2,4,6,8,16H2,1H3. The van der Waals surface area contributed by atoms with Crippen molar-refractivity contribution in [3.8, 4) is 0 Å². The third kappa shape index (κ3) is 1.53. The summed E-state index contributed by atoms with van der Waals surface area (Å²) in [5, 5.41) is 13.6. The van der Waals surface area contributed by atoms with E-state index in [1.54, 1.807) is 6.08 Å². The third-order valence-electron chi connectivity index (χ3n) is 4.75. The minimum atomic E-state index is -0.0231. The fraction of sp³-hybridized carbons (Fsp3) is 0.600. The molecule has 0 aromatic heterocycles. The quantitative estimate of drug-likeness (QED) is 0.701. The Hall–Kier alpha value is -1.22. The van der Waals surface area contributed by atoms with Gasteiger partial charge in [-0.15, -0.1) is 0 Å². The topological polar surface area (TPSA) is 58.3 Å². The molecule has 4 atom stereocenters. The lowest BCUT2D eigenvalue weighted by Crippen LogP contribution is -2.48. The highest BCUT2D eigenvalue weighted by atomic mass is 16.3. The fourth-order valence-corrected chi connectivity index (χ4v) is 4.06. The van der Waals surface area contributed by atoms with Crippen LogP contribution in [-0.2, 0) is 0 Å². The van der Waals surface area contributed by atoms with Gasteiger partial charge in [0.2, 0.25) is 0 Å². The maximum Gasteiger partial charge on any atom is 0.121 e. The average molecular weight is 246 g/mol. The van der Waals surface area contributed by atoms with E-state index in [-0.39, 0.29) is 11.5 Å². The van der Waals surface area contributed by atoms with E-state index in [1.807, 2.05) is 12.3 Å². The van der Waals surface area contributed by atoms with Crippen molar-refractivity contribution in [1.29, 1.82) is 0 Å². The molecule has 0 bridgehead atoms. The first-order valence-electron chi connectivity index (χ1n) is 6.95. The average Bonchev–Trinajstić information content (AvgIpc) is 2.70. The van der Waals surface area contributed by atoms with E-state index in [9.17, 15) is 5.11 Å². The maximum absolute atomic E-state index is 10.1. The molecule has 3 heteroatoms. The van der Waals surface area contributed by atoms with Crippen molar-refractivity contribution in [1.82, 2.24) is 5.32 Å². The molecule has 0 saturated heterocycles. The fourth-order valence-electron chi connectivity index (χ4n) is 4.06. The van der Waals surface area contributed by atoms with Crippen LogP contribution in [-0.4, -0.2) is 17.2 Å². The van der Waals surface area contributed by atoms with Gasteiger partial charge in [0.15, 0.2) is 0 Å². The molecule has 3 rings (SSSR count). The summed E-state index contributed by atoms with van der Waals surface area (Å²) < 4.78 is 0. The molecule has 18 heavy (non-hydrogen) atoms. The van der Waals surface area contributed by atoms with Gasteiger partial charge >= 0.3 is 0 Å². The summed E-state index contributed by atoms with van der Waals surface area (Å²) in [6.07, 6.45) is 12.7. The molecule has 98 valence electrons. The second-order valence-corrected chi connectivity index (χ2v) is 5.96. The summed E-state index contributed by atoms with van der Waals surface area (Å²) in [6.45, 7) is 2.08. The van der Waals surface area contributed by atoms with Crippen LogP contribution in [0.15, 0.2) is 35.8 Å². The van der Waals surface area contributed by atoms with E-state index in [0.717, 1.165) is 12.0 Å². The lowest BCUT2D eigenvalue weighted by atomic mass is 9.58. The highest BCUT2D eigenvalue weighted by molar-refractivity contribution is 5.48. The molecular formula is C15H22N2O. The predicted molar refractivity (Wildman–Crippen MR) is 72.9 cm³/mol. The lowest BCUT2D eigenvalue weighted by Gasteiger charge is -2.47. The molecule has 1 fully saturated rings. The number of hydrogen-bond acceptors (Lipinski definition) is 3. The van der Waals surface area contributed by atoms with E-state index in [4.69, 9.17) is 5.73 Å². The summed E-state index contributed by atoms with van der Waals surface area (Å²) in [7, 11) is 0. The monoisotopic (exact) mass is 246 g/mol. The summed E-state index contributed by atoms with van der Waals surface area (Å²) in [4.78, 5) is 0. The first-order chi connectivity index (χ1) is 8.64. The molecule has 0 amide bonds. The van der Waals surface area contributed by atoms with E-state index in [0.29, 0.717) is 17.7 Å². The molecule has 1 spiro atoms. The van der Waals surface area contributed by atoms with Gasteiger partial charge in [-0.05, 0) is 38.2 Å². The summed E-state index contributed by atoms with van der Waals surface area (Å²) >= 11 is 0. The van der Waals surface area contributed by atoms with Gasteiger partial charge < -0.3 is 16.2 Å². The second kappa shape index (κ2) is 4.16. The zero-order chi connectivity index (χ0) is 12.8. The van der Waals surface area contributed by atoms with Crippen LogP contribution >= 0.6 is 0 Å². The van der Waals surface area contributed by atoms with Crippen LogP contribution in [0.4, 0.5) is 0 Å². The van der Waals surface area contributed by atoms with Crippen molar-refractivity contribution in [2.75, 3.05) is 0 Å². The molecule has 4 unspecified atom stereocenters. The normalized spacial score (nSPS) is 39.2. The molecule has 0 aromatic carbocycles. The van der Waals surface area contributed by atoms with Crippen LogP contribution in [0.1, 0.15) is 32.6 Å². The van der Waals surface area contributed by atoms with Gasteiger partial charge in [-0.25, -0.2) is 0 Å². The number of aliphatic hydroxyl groups excluding tert-OH is 1. The van der Waals surface area contributed by atoms with E-state index in [2.05, 4.69) is 18.3 Å². The molecule has 1 saturated carbocycles. The van der Waals surface area contributed by atoms with Crippen LogP contribution in [0, 0.1) is 11.3 Å². The largest absolute Gasteiger partial charge is 0.508 e. The first-order valence-corrected chi connectivity index (χ1v) is 6.95. The van der Waals surface area contributed by atoms with Crippen molar-refractivity contribution in [3.63, 3.8) is 0 Å². The third-order valence-corrected chi connectivity index (χ3v) is 4.75. The van der Waals surface area contributed by atoms with E-state index >= 15 is 0 Å². The number of rotatable bonds is 2. The van der Waals surface area contributed by atoms with Crippen molar-refractivity contribution >= 4 is 0 Å². The zero-order valence-corrected chi connectivity index (χ0v) is 10.9. The zero-order valence-electron chi connectivity index (χ0n) is 10.9. The Labute approximate surface area is 108 Å². The lowest BCUT2D eigenvalue weighted by molar-refractivity contribution is 0.139. The first kappa shape index (κ1) is 11.8. The summed E-state index contributed by atoms with van der Waals surface area (Å²) in [5.41, 5.74) is 7.06. The van der Waals surface area contributed by atoms with Gasteiger partial charge in [-0.3, -0.25) is 0 Å². The number of allylic oxidation sites excluding steroid dienone is 3. The van der Waals surface area contributed by atoms with Gasteiger partial charge in [0, 0.05) is 29.3 Å². The van der Waals surface area contributed by atoms with Crippen LogP contribution in [0.25, 0.3) is 0 Å². The van der Waals surface area contributed by atoms with Gasteiger partial charge in [0.1, 0.15) is 5.76 Å². The number of aliphatic hydroxyl groups is 1. The second-order valence-electron chi connectivity index (χ2n) is 5.96. The van der Waals surface area contributed by atoms with Crippen molar-refractivity contribution in [3.05, 3.63) is 35.8 Å². The Bertz CT molecular complexity index is 436. The Morgan fingerprint density at radius 3 is 3.17 bits per heavy atom. The molecule has 1 heterocycles. The maximum atomic E-state index is 10.1. The number of nitrogens with one attached hydrogen (secondary N) is 1. The van der Waals surface area contributed by atoms with Crippen molar-refractivity contribution in [2.45, 2.75) is 44.7 Å². The highest BCUT2D eigenvalue weighted by Gasteiger charge is 2.52. The SMILES string of the molecule is CC(N)CC1CCCC2NC=C3C(O)=CC=CC312. The number of nitrogens with two attached hydrogens (primary N) is 1. The van der Waals surface area contributed by atoms with Gasteiger partial charge in [-0.1, -0.05) is 18.6 Å². The van der Waals surface area contributed by atoms with Crippen LogP contribution in [0.5, 0.6) is 0 Å². The highest BCUT2D eigenvalue weighted by Crippen LogP contribution is 2.54. The van der Waals surface area contributed by atoms with Crippen LogP contribution < -0.4 is 11.1 Å². The van der Waals surface area contributed by atoms with Gasteiger partial charge in [0.05, 0.1) is 0 Å². The minimum absolute atomic E-state index is 0.0231. The van der Waals surface area contributed by atoms with Crippen LogP contribution in [0.3, 0.4) is 0 Å². The molecule has 3 nitrogen and oxygen atoms in total. The Morgan fingerprint density at radius 1 is 1.56 bits per heavy atom. The molecule has 3 aliphatic rings. The number of hydrogen-bond donors (Lipinski definition) is 3. The smallest absolute Gasteiger partial charge is 0.121 e.